The van der Waals surface area contributed by atoms with Gasteiger partial charge in [-0.15, -0.1) is 0 Å². The van der Waals surface area contributed by atoms with Crippen LogP contribution in [0.25, 0.3) is 0 Å². The quantitative estimate of drug-likeness (QED) is 0.578. The van der Waals surface area contributed by atoms with E-state index in [0.717, 1.165) is 0 Å². The van der Waals surface area contributed by atoms with Crippen molar-refractivity contribution in [1.82, 2.24) is 0 Å². The lowest BCUT2D eigenvalue weighted by Gasteiger charge is -1.90. The molecule has 0 N–H and O–H groups in total. The third kappa shape index (κ3) is 7.00. The van der Waals surface area contributed by atoms with Crippen LogP contribution >= 0.6 is 0 Å². The SMILES string of the molecule is C=O.CC.Cc1ccc(C)cc1. The first-order valence-electron chi connectivity index (χ1n) is 4.11. The molecule has 0 aromatic heterocycles. The topological polar surface area (TPSA) is 17.1 Å². The summed E-state index contributed by atoms with van der Waals surface area (Å²) in [5.41, 5.74) is 2.66. The third-order valence-corrected chi connectivity index (χ3v) is 1.22. The van der Waals surface area contributed by atoms with Crippen molar-refractivity contribution in [2.45, 2.75) is 27.7 Å². The molecule has 0 aliphatic heterocycles. The number of carbonyl (C=O) groups excluding carboxylic acids is 1. The molecule has 0 radical (unpaired) electrons. The van der Waals surface area contributed by atoms with Crippen LogP contribution < -0.4 is 0 Å². The predicted octanol–water partition coefficient (Wildman–Crippen LogP) is 3.14. The highest BCUT2D eigenvalue weighted by atomic mass is 16.1. The van der Waals surface area contributed by atoms with Gasteiger partial charge in [-0.2, -0.15) is 0 Å². The molecular weight excluding hydrogens is 148 g/mol. The molecule has 1 heteroatoms. The summed E-state index contributed by atoms with van der Waals surface area (Å²) in [6.45, 7) is 10.2. The lowest BCUT2D eigenvalue weighted by Crippen LogP contribution is -1.70. The van der Waals surface area contributed by atoms with Crippen molar-refractivity contribution in [2.24, 2.45) is 0 Å². The summed E-state index contributed by atoms with van der Waals surface area (Å²) in [4.78, 5) is 8.00. The highest BCUT2D eigenvalue weighted by Crippen LogP contribution is 1.99. The smallest absolute Gasteiger partial charge is 0.106 e. The molecule has 1 aromatic rings. The Bertz CT molecular complexity index is 156. The maximum atomic E-state index is 8.00. The van der Waals surface area contributed by atoms with Crippen LogP contribution in [0.1, 0.15) is 25.0 Å². The van der Waals surface area contributed by atoms with E-state index in [2.05, 4.69) is 38.1 Å². The first kappa shape index (κ1) is 13.5. The summed E-state index contributed by atoms with van der Waals surface area (Å²) in [6, 6.07) is 8.48. The zero-order valence-electron chi connectivity index (χ0n) is 8.42. The Balaban J connectivity index is 0. The van der Waals surface area contributed by atoms with Crippen LogP contribution in [-0.2, 0) is 4.79 Å². The van der Waals surface area contributed by atoms with E-state index >= 15 is 0 Å². The Hall–Kier alpha value is -1.11. The zero-order valence-corrected chi connectivity index (χ0v) is 8.42. The molecule has 12 heavy (non-hydrogen) atoms. The molecule has 0 heterocycles. The average Bonchev–Trinajstić information content (AvgIpc) is 2.17. The summed E-state index contributed by atoms with van der Waals surface area (Å²) < 4.78 is 0. The normalized spacial score (nSPS) is 7.00. The molecular formula is C11H18O. The fourth-order valence-corrected chi connectivity index (χ4v) is 0.637. The molecule has 1 nitrogen and oxygen atoms in total. The van der Waals surface area contributed by atoms with Gasteiger partial charge in [0.05, 0.1) is 0 Å². The summed E-state index contributed by atoms with van der Waals surface area (Å²) in [6.07, 6.45) is 0. The van der Waals surface area contributed by atoms with Crippen molar-refractivity contribution in [3.05, 3.63) is 35.4 Å². The molecule has 0 spiro atoms. The molecule has 0 saturated heterocycles. The van der Waals surface area contributed by atoms with Crippen molar-refractivity contribution in [3.8, 4) is 0 Å². The second kappa shape index (κ2) is 9.89. The van der Waals surface area contributed by atoms with E-state index in [0.29, 0.717) is 0 Å². The van der Waals surface area contributed by atoms with Crippen LogP contribution in [0.3, 0.4) is 0 Å². The molecule has 1 aromatic carbocycles. The van der Waals surface area contributed by atoms with Gasteiger partial charge in [0.2, 0.25) is 0 Å². The van der Waals surface area contributed by atoms with E-state index in [-0.39, 0.29) is 0 Å². The van der Waals surface area contributed by atoms with Gasteiger partial charge in [0.15, 0.2) is 0 Å². The Labute approximate surface area is 75.4 Å². The molecule has 68 valence electrons. The average molecular weight is 166 g/mol. The second-order valence-electron chi connectivity index (χ2n) is 2.15. The van der Waals surface area contributed by atoms with E-state index in [1.807, 2.05) is 20.6 Å². The molecule has 0 unspecified atom stereocenters. The molecule has 0 aliphatic carbocycles. The zero-order chi connectivity index (χ0) is 9.98. The van der Waals surface area contributed by atoms with Crippen molar-refractivity contribution in [2.75, 3.05) is 0 Å². The van der Waals surface area contributed by atoms with Gasteiger partial charge >= 0.3 is 0 Å². The van der Waals surface area contributed by atoms with Crippen molar-refractivity contribution >= 4 is 6.79 Å². The van der Waals surface area contributed by atoms with Gasteiger partial charge < -0.3 is 4.79 Å². The minimum Gasteiger partial charge on any atom is -0.307 e. The summed E-state index contributed by atoms with van der Waals surface area (Å²) in [7, 11) is 0. The van der Waals surface area contributed by atoms with Gasteiger partial charge in [-0.25, -0.2) is 0 Å². The lowest BCUT2D eigenvalue weighted by atomic mass is 10.2. The van der Waals surface area contributed by atoms with Gasteiger partial charge in [0.1, 0.15) is 6.79 Å². The standard InChI is InChI=1S/C8H10.C2H6.CH2O/c1-7-3-5-8(2)6-4-7;2*1-2/h3-6H,1-2H3;1-2H3;1H2. The Morgan fingerprint density at radius 2 is 1.00 bits per heavy atom. The second-order valence-corrected chi connectivity index (χ2v) is 2.15. The van der Waals surface area contributed by atoms with Crippen LogP contribution in [-0.4, -0.2) is 6.79 Å². The first-order valence-corrected chi connectivity index (χ1v) is 4.11. The fraction of sp³-hybridized carbons (Fsp3) is 0.364. The fourth-order valence-electron chi connectivity index (χ4n) is 0.637. The van der Waals surface area contributed by atoms with E-state index in [1.165, 1.54) is 11.1 Å². The highest BCUT2D eigenvalue weighted by Gasteiger charge is 1.79. The number of rotatable bonds is 0. The summed E-state index contributed by atoms with van der Waals surface area (Å²) in [5.74, 6) is 0. The first-order chi connectivity index (χ1) is 5.79. The minimum atomic E-state index is 1.33. The summed E-state index contributed by atoms with van der Waals surface area (Å²) >= 11 is 0. The van der Waals surface area contributed by atoms with Gasteiger partial charge in [-0.3, -0.25) is 0 Å². The van der Waals surface area contributed by atoms with Crippen molar-refractivity contribution < 1.29 is 4.79 Å². The predicted molar refractivity (Wildman–Crippen MR) is 54.4 cm³/mol. The van der Waals surface area contributed by atoms with Crippen molar-refractivity contribution in [3.63, 3.8) is 0 Å². The van der Waals surface area contributed by atoms with E-state index in [1.54, 1.807) is 0 Å². The molecule has 0 amide bonds. The number of hydrogen-bond donors (Lipinski definition) is 0. The monoisotopic (exact) mass is 166 g/mol. The van der Waals surface area contributed by atoms with Crippen LogP contribution in [0.2, 0.25) is 0 Å². The number of benzene rings is 1. The van der Waals surface area contributed by atoms with Gasteiger partial charge in [0, 0.05) is 0 Å². The molecule has 1 rings (SSSR count). The third-order valence-electron chi connectivity index (χ3n) is 1.22. The molecule has 0 aliphatic rings. The number of carbonyl (C=O) groups is 1. The van der Waals surface area contributed by atoms with Crippen LogP contribution in [0.5, 0.6) is 0 Å². The maximum Gasteiger partial charge on any atom is 0.106 e. The lowest BCUT2D eigenvalue weighted by molar-refractivity contribution is -0.0979. The van der Waals surface area contributed by atoms with Gasteiger partial charge in [0.25, 0.3) is 0 Å². The summed E-state index contributed by atoms with van der Waals surface area (Å²) in [5, 5.41) is 0. The van der Waals surface area contributed by atoms with Crippen LogP contribution in [0, 0.1) is 13.8 Å². The molecule has 0 fully saturated rings. The highest BCUT2D eigenvalue weighted by molar-refractivity contribution is 5.19. The maximum absolute atomic E-state index is 8.00. The van der Waals surface area contributed by atoms with Crippen molar-refractivity contribution in [1.29, 1.82) is 0 Å². The van der Waals surface area contributed by atoms with Crippen LogP contribution in [0.15, 0.2) is 24.3 Å². The number of aryl methyl sites for hydroxylation is 2. The van der Waals surface area contributed by atoms with E-state index in [9.17, 15) is 0 Å². The largest absolute Gasteiger partial charge is 0.307 e. The molecule has 0 atom stereocenters. The van der Waals surface area contributed by atoms with Gasteiger partial charge in [-0.05, 0) is 13.8 Å². The van der Waals surface area contributed by atoms with Crippen LogP contribution in [0.4, 0.5) is 0 Å². The Morgan fingerprint density at radius 3 is 1.17 bits per heavy atom. The Morgan fingerprint density at radius 1 is 0.833 bits per heavy atom. The minimum absolute atomic E-state index is 1.33. The van der Waals surface area contributed by atoms with Gasteiger partial charge in [-0.1, -0.05) is 49.2 Å². The molecule has 0 bridgehead atoms. The van der Waals surface area contributed by atoms with E-state index in [4.69, 9.17) is 4.79 Å². The Kier molecular flexibility index (Phi) is 11.1. The number of hydrogen-bond acceptors (Lipinski definition) is 1. The molecule has 0 saturated carbocycles. The van der Waals surface area contributed by atoms with E-state index < -0.39 is 0 Å².